The van der Waals surface area contributed by atoms with Gasteiger partial charge in [-0.15, -0.1) is 0 Å². The summed E-state index contributed by atoms with van der Waals surface area (Å²) in [6, 6.07) is 13.3. The summed E-state index contributed by atoms with van der Waals surface area (Å²) in [4.78, 5) is 4.71. The summed E-state index contributed by atoms with van der Waals surface area (Å²) >= 11 is 0. The summed E-state index contributed by atoms with van der Waals surface area (Å²) in [5.74, 6) is 0.988. The first kappa shape index (κ1) is 12.6. The zero-order valence-electron chi connectivity index (χ0n) is 11.6. The van der Waals surface area contributed by atoms with E-state index >= 15 is 0 Å². The lowest BCUT2D eigenvalue weighted by atomic mass is 10.1. The number of pyridine rings is 1. The highest BCUT2D eigenvalue weighted by Gasteiger charge is 2.24. The van der Waals surface area contributed by atoms with Crippen LogP contribution in [0.3, 0.4) is 0 Å². The van der Waals surface area contributed by atoms with Gasteiger partial charge < -0.3 is 5.32 Å². The van der Waals surface area contributed by atoms with Gasteiger partial charge in [0.25, 0.3) is 0 Å². The molecule has 1 atom stereocenters. The summed E-state index contributed by atoms with van der Waals surface area (Å²) in [5.41, 5.74) is 2.24. The van der Waals surface area contributed by atoms with Crippen LogP contribution in [-0.4, -0.2) is 11.0 Å². The van der Waals surface area contributed by atoms with Crippen molar-refractivity contribution in [2.75, 3.05) is 0 Å². The molecule has 1 aromatic carbocycles. The molecule has 0 bridgehead atoms. The van der Waals surface area contributed by atoms with Crippen molar-refractivity contribution in [1.82, 2.24) is 10.3 Å². The van der Waals surface area contributed by atoms with E-state index in [-0.39, 0.29) is 0 Å². The second-order valence-corrected chi connectivity index (χ2v) is 5.66. The van der Waals surface area contributed by atoms with E-state index in [4.69, 9.17) is 4.98 Å². The van der Waals surface area contributed by atoms with Crippen molar-refractivity contribution in [3.8, 4) is 0 Å². The van der Waals surface area contributed by atoms with Gasteiger partial charge in [-0.2, -0.15) is 0 Å². The maximum Gasteiger partial charge on any atom is 0.0705 e. The van der Waals surface area contributed by atoms with Gasteiger partial charge in [0.2, 0.25) is 0 Å². The van der Waals surface area contributed by atoms with Gasteiger partial charge in [0.15, 0.2) is 0 Å². The first-order valence-electron chi connectivity index (χ1n) is 7.43. The van der Waals surface area contributed by atoms with Crippen LogP contribution in [-0.2, 0) is 6.54 Å². The van der Waals surface area contributed by atoms with Crippen molar-refractivity contribution in [3.05, 3.63) is 42.1 Å². The Kier molecular flexibility index (Phi) is 3.79. The number of hydrogen-bond donors (Lipinski definition) is 1. The van der Waals surface area contributed by atoms with E-state index in [1.165, 1.54) is 31.1 Å². The summed E-state index contributed by atoms with van der Waals surface area (Å²) in [5, 5.41) is 4.88. The van der Waals surface area contributed by atoms with Gasteiger partial charge >= 0.3 is 0 Å². The van der Waals surface area contributed by atoms with E-state index in [0.29, 0.717) is 6.04 Å². The maximum atomic E-state index is 4.71. The van der Waals surface area contributed by atoms with Crippen LogP contribution in [0.5, 0.6) is 0 Å². The lowest BCUT2D eigenvalue weighted by molar-refractivity contribution is 0.442. The van der Waals surface area contributed by atoms with Crippen LogP contribution in [0.4, 0.5) is 0 Å². The minimum absolute atomic E-state index is 0.653. The normalized spacial score (nSPS) is 16.7. The molecule has 1 unspecified atom stereocenters. The van der Waals surface area contributed by atoms with Crippen molar-refractivity contribution in [2.45, 2.75) is 45.2 Å². The molecule has 1 saturated carbocycles. The maximum absolute atomic E-state index is 4.71. The SMILES string of the molecule is CCC(CC1CC1)NCc1ccc2ccccc2n1. The third-order valence-electron chi connectivity index (χ3n) is 4.04. The Hall–Kier alpha value is -1.41. The highest BCUT2D eigenvalue weighted by Crippen LogP contribution is 2.34. The van der Waals surface area contributed by atoms with Crippen LogP contribution >= 0.6 is 0 Å². The Morgan fingerprint density at radius 3 is 2.84 bits per heavy atom. The quantitative estimate of drug-likeness (QED) is 0.845. The van der Waals surface area contributed by atoms with Crippen LogP contribution in [0.15, 0.2) is 36.4 Å². The third kappa shape index (κ3) is 3.32. The van der Waals surface area contributed by atoms with Gasteiger partial charge in [0.1, 0.15) is 0 Å². The van der Waals surface area contributed by atoms with Crippen molar-refractivity contribution in [2.24, 2.45) is 5.92 Å². The summed E-state index contributed by atoms with van der Waals surface area (Å²) in [6.07, 6.45) is 5.42. The molecule has 1 fully saturated rings. The van der Waals surface area contributed by atoms with Gasteiger partial charge in [-0.05, 0) is 30.9 Å². The first-order valence-corrected chi connectivity index (χ1v) is 7.43. The largest absolute Gasteiger partial charge is 0.308 e. The highest BCUT2D eigenvalue weighted by molar-refractivity contribution is 5.78. The molecule has 0 radical (unpaired) electrons. The van der Waals surface area contributed by atoms with Gasteiger partial charge in [0.05, 0.1) is 11.2 Å². The fourth-order valence-corrected chi connectivity index (χ4v) is 2.61. The minimum Gasteiger partial charge on any atom is -0.308 e. The molecule has 19 heavy (non-hydrogen) atoms. The Labute approximate surface area is 115 Å². The molecule has 0 spiro atoms. The zero-order chi connectivity index (χ0) is 13.1. The molecule has 0 saturated heterocycles. The fourth-order valence-electron chi connectivity index (χ4n) is 2.61. The molecular weight excluding hydrogens is 232 g/mol. The third-order valence-corrected chi connectivity index (χ3v) is 4.04. The second kappa shape index (κ2) is 5.70. The number of rotatable bonds is 6. The van der Waals surface area contributed by atoms with Crippen molar-refractivity contribution >= 4 is 10.9 Å². The van der Waals surface area contributed by atoms with Crippen molar-refractivity contribution in [3.63, 3.8) is 0 Å². The predicted molar refractivity (Wildman–Crippen MR) is 80.0 cm³/mol. The monoisotopic (exact) mass is 254 g/mol. The number of hydrogen-bond acceptors (Lipinski definition) is 2. The number of fused-ring (bicyclic) bond motifs is 1. The molecule has 0 amide bonds. The lowest BCUT2D eigenvalue weighted by Gasteiger charge is -2.16. The Morgan fingerprint density at radius 2 is 2.05 bits per heavy atom. The molecule has 1 aromatic heterocycles. The summed E-state index contributed by atoms with van der Waals surface area (Å²) in [6.45, 7) is 3.16. The molecule has 0 aliphatic heterocycles. The number of benzene rings is 1. The Morgan fingerprint density at radius 1 is 1.21 bits per heavy atom. The molecule has 2 heteroatoms. The van der Waals surface area contributed by atoms with E-state index < -0.39 is 0 Å². The summed E-state index contributed by atoms with van der Waals surface area (Å²) < 4.78 is 0. The predicted octanol–water partition coefficient (Wildman–Crippen LogP) is 3.90. The first-order chi connectivity index (χ1) is 9.35. The molecule has 1 aliphatic carbocycles. The van der Waals surface area contributed by atoms with Crippen molar-refractivity contribution in [1.29, 1.82) is 0 Å². The van der Waals surface area contributed by atoms with Gasteiger partial charge in [-0.1, -0.05) is 44.0 Å². The zero-order valence-corrected chi connectivity index (χ0v) is 11.6. The molecule has 1 aliphatic rings. The second-order valence-electron chi connectivity index (χ2n) is 5.66. The highest BCUT2D eigenvalue weighted by atomic mass is 14.9. The Balaban J connectivity index is 1.63. The molecule has 1 heterocycles. The smallest absolute Gasteiger partial charge is 0.0705 e. The van der Waals surface area contributed by atoms with Crippen LogP contribution in [0.1, 0.15) is 38.3 Å². The average Bonchev–Trinajstić information content (AvgIpc) is 3.27. The van der Waals surface area contributed by atoms with E-state index in [9.17, 15) is 0 Å². The van der Waals surface area contributed by atoms with E-state index in [0.717, 1.165) is 23.7 Å². The van der Waals surface area contributed by atoms with E-state index in [1.54, 1.807) is 0 Å². The standard InChI is InChI=1S/C17H22N2/c1-2-15(11-13-7-8-13)18-12-16-10-9-14-5-3-4-6-17(14)19-16/h3-6,9-10,13,15,18H,2,7-8,11-12H2,1H3. The van der Waals surface area contributed by atoms with Crippen molar-refractivity contribution < 1.29 is 0 Å². The van der Waals surface area contributed by atoms with Gasteiger partial charge in [-0.25, -0.2) is 0 Å². The minimum atomic E-state index is 0.653. The molecule has 100 valence electrons. The molecule has 2 nitrogen and oxygen atoms in total. The Bertz CT molecular complexity index is 546. The van der Waals surface area contributed by atoms with Crippen LogP contribution in [0.2, 0.25) is 0 Å². The fraction of sp³-hybridized carbons (Fsp3) is 0.471. The molecule has 1 N–H and O–H groups in total. The van der Waals surface area contributed by atoms with E-state index in [1.807, 2.05) is 0 Å². The number of aromatic nitrogens is 1. The molecule has 3 rings (SSSR count). The van der Waals surface area contributed by atoms with E-state index in [2.05, 4.69) is 48.6 Å². The number of nitrogens with zero attached hydrogens (tertiary/aromatic N) is 1. The van der Waals surface area contributed by atoms with Gasteiger partial charge in [0, 0.05) is 18.0 Å². The lowest BCUT2D eigenvalue weighted by Crippen LogP contribution is -2.28. The number of para-hydroxylation sites is 1. The van der Waals surface area contributed by atoms with Crippen LogP contribution in [0, 0.1) is 5.92 Å². The summed E-state index contributed by atoms with van der Waals surface area (Å²) in [7, 11) is 0. The average molecular weight is 254 g/mol. The molecule has 2 aromatic rings. The van der Waals surface area contributed by atoms with Gasteiger partial charge in [-0.3, -0.25) is 4.98 Å². The van der Waals surface area contributed by atoms with Crippen LogP contribution in [0.25, 0.3) is 10.9 Å². The number of nitrogens with one attached hydrogen (secondary N) is 1. The topological polar surface area (TPSA) is 24.9 Å². The molecular formula is C17H22N2. The van der Waals surface area contributed by atoms with Crippen LogP contribution < -0.4 is 5.32 Å².